The first-order chi connectivity index (χ1) is 16.1. The quantitative estimate of drug-likeness (QED) is 0.674. The van der Waals surface area contributed by atoms with E-state index in [2.05, 4.69) is 10.3 Å². The second kappa shape index (κ2) is 10.8. The highest BCUT2D eigenvalue weighted by Gasteiger charge is 2.34. The molecule has 3 rings (SSSR count). The van der Waals surface area contributed by atoms with Crippen LogP contribution in [0.15, 0.2) is 36.5 Å². The molecule has 184 valence electrons. The Hall–Kier alpha value is -3.20. The third kappa shape index (κ3) is 5.83. The van der Waals surface area contributed by atoms with Crippen LogP contribution in [0.25, 0.3) is 11.1 Å². The van der Waals surface area contributed by atoms with Crippen molar-refractivity contribution in [3.63, 3.8) is 0 Å². The lowest BCUT2D eigenvalue weighted by atomic mass is 9.99. The predicted octanol–water partition coefficient (Wildman–Crippen LogP) is 3.16. The van der Waals surface area contributed by atoms with Crippen LogP contribution >= 0.6 is 0 Å². The van der Waals surface area contributed by atoms with E-state index in [1.807, 2.05) is 20.8 Å². The van der Waals surface area contributed by atoms with Gasteiger partial charge in [0, 0.05) is 37.3 Å². The number of amides is 3. The molecule has 2 heterocycles. The summed E-state index contributed by atoms with van der Waals surface area (Å²) in [5, 5.41) is 12.6. The zero-order chi connectivity index (χ0) is 25.0. The van der Waals surface area contributed by atoms with Gasteiger partial charge in [0.15, 0.2) is 0 Å². The number of aliphatic hydroxyl groups is 1. The highest BCUT2D eigenvalue weighted by Crippen LogP contribution is 2.30. The number of hydrogen-bond donors (Lipinski definition) is 2. The van der Waals surface area contributed by atoms with E-state index in [1.165, 1.54) is 12.1 Å². The molecule has 0 saturated carbocycles. The molecule has 0 saturated heterocycles. The van der Waals surface area contributed by atoms with Crippen molar-refractivity contribution in [2.75, 3.05) is 26.7 Å². The third-order valence-corrected chi connectivity index (χ3v) is 5.89. The fourth-order valence-corrected chi connectivity index (χ4v) is 3.86. The predicted molar refractivity (Wildman–Crippen MR) is 127 cm³/mol. The van der Waals surface area contributed by atoms with Gasteiger partial charge in [0.2, 0.25) is 5.88 Å². The maximum absolute atomic E-state index is 13.8. The van der Waals surface area contributed by atoms with E-state index in [0.717, 1.165) is 0 Å². The molecule has 0 bridgehead atoms. The number of nitrogens with zero attached hydrogens (tertiary/aromatic N) is 3. The number of aromatic nitrogens is 1. The van der Waals surface area contributed by atoms with Crippen LogP contribution in [-0.2, 0) is 0 Å². The lowest BCUT2D eigenvalue weighted by Crippen LogP contribution is -2.51. The van der Waals surface area contributed by atoms with Crippen LogP contribution in [0.2, 0.25) is 0 Å². The van der Waals surface area contributed by atoms with Gasteiger partial charge in [-0.25, -0.2) is 14.2 Å². The van der Waals surface area contributed by atoms with Crippen LogP contribution in [0, 0.1) is 11.7 Å². The number of aliphatic hydroxyl groups excluding tert-OH is 1. The smallest absolute Gasteiger partial charge is 0.317 e. The molecule has 34 heavy (non-hydrogen) atoms. The molecule has 9 heteroatoms. The number of carbonyl (C=O) groups is 2. The van der Waals surface area contributed by atoms with E-state index in [9.17, 15) is 19.1 Å². The maximum atomic E-state index is 13.8. The molecule has 2 N–H and O–H groups in total. The lowest BCUT2D eigenvalue weighted by Gasteiger charge is -2.37. The molecule has 0 aliphatic carbocycles. The molecule has 2 aromatic rings. The standard InChI is InChI=1S/C25H33FN4O4/c1-15(2)28-25(33)29(5)13-22-16(3)12-30(17(4)14-31)24(32)21-10-19(11-27-23(21)34-22)18-7-6-8-20(26)9-18/h6-11,15-17,22,31H,12-14H2,1-5H3,(H,28,33)/t16-,17+,22-/m0/s1. The minimum Gasteiger partial charge on any atom is -0.472 e. The second-order valence-electron chi connectivity index (χ2n) is 9.19. The van der Waals surface area contributed by atoms with Crippen LogP contribution in [0.1, 0.15) is 38.1 Å². The van der Waals surface area contributed by atoms with Gasteiger partial charge in [-0.2, -0.15) is 0 Å². The van der Waals surface area contributed by atoms with Gasteiger partial charge in [-0.15, -0.1) is 0 Å². The van der Waals surface area contributed by atoms with Crippen molar-refractivity contribution in [2.24, 2.45) is 5.92 Å². The zero-order valence-electron chi connectivity index (χ0n) is 20.3. The number of ether oxygens (including phenoxy) is 1. The summed E-state index contributed by atoms with van der Waals surface area (Å²) in [5.41, 5.74) is 1.39. The molecule has 0 fully saturated rings. The van der Waals surface area contributed by atoms with Crippen molar-refractivity contribution in [2.45, 2.75) is 45.9 Å². The fourth-order valence-electron chi connectivity index (χ4n) is 3.86. The highest BCUT2D eigenvalue weighted by molar-refractivity contribution is 5.98. The van der Waals surface area contributed by atoms with Gasteiger partial charge in [-0.1, -0.05) is 19.1 Å². The van der Waals surface area contributed by atoms with Crippen molar-refractivity contribution >= 4 is 11.9 Å². The number of pyridine rings is 1. The number of benzene rings is 1. The first-order valence-corrected chi connectivity index (χ1v) is 11.5. The monoisotopic (exact) mass is 472 g/mol. The number of nitrogens with one attached hydrogen (secondary N) is 1. The lowest BCUT2D eigenvalue weighted by molar-refractivity contribution is 0.0352. The molecule has 0 spiro atoms. The molecular formula is C25H33FN4O4. The third-order valence-electron chi connectivity index (χ3n) is 5.89. The zero-order valence-corrected chi connectivity index (χ0v) is 20.3. The van der Waals surface area contributed by atoms with Gasteiger partial charge in [0.05, 0.1) is 19.2 Å². The largest absolute Gasteiger partial charge is 0.472 e. The normalized spacial score (nSPS) is 19.1. The summed E-state index contributed by atoms with van der Waals surface area (Å²) >= 11 is 0. The van der Waals surface area contributed by atoms with E-state index >= 15 is 0 Å². The Balaban J connectivity index is 1.99. The summed E-state index contributed by atoms with van der Waals surface area (Å²) in [4.78, 5) is 33.5. The Morgan fingerprint density at radius 3 is 2.71 bits per heavy atom. The van der Waals surface area contributed by atoms with Crippen LogP contribution < -0.4 is 10.1 Å². The first-order valence-electron chi connectivity index (χ1n) is 11.5. The second-order valence-corrected chi connectivity index (χ2v) is 9.19. The fraction of sp³-hybridized carbons (Fsp3) is 0.480. The van der Waals surface area contributed by atoms with Crippen LogP contribution in [-0.4, -0.2) is 76.8 Å². The summed E-state index contributed by atoms with van der Waals surface area (Å²) in [6.45, 7) is 7.89. The van der Waals surface area contributed by atoms with Crippen molar-refractivity contribution in [1.29, 1.82) is 0 Å². The Kier molecular flexibility index (Phi) is 8.09. The van der Waals surface area contributed by atoms with Gasteiger partial charge in [0.1, 0.15) is 17.5 Å². The summed E-state index contributed by atoms with van der Waals surface area (Å²) in [5.74, 6) is -0.711. The SMILES string of the molecule is CC(C)NC(=O)N(C)C[C@@H]1Oc2ncc(-c3cccc(F)c3)cc2C(=O)N([C@H](C)CO)C[C@@H]1C. The molecule has 0 radical (unpaired) electrons. The number of halogens is 1. The average Bonchev–Trinajstić information content (AvgIpc) is 2.80. The van der Waals surface area contributed by atoms with E-state index in [1.54, 1.807) is 48.2 Å². The van der Waals surface area contributed by atoms with Gasteiger partial charge in [-0.3, -0.25) is 4.79 Å². The molecule has 3 amide bonds. The van der Waals surface area contributed by atoms with Crippen molar-refractivity contribution in [3.05, 3.63) is 47.9 Å². The number of likely N-dealkylation sites (N-methyl/N-ethyl adjacent to an activating group) is 1. The van der Waals surface area contributed by atoms with Gasteiger partial charge < -0.3 is 25.0 Å². The minimum absolute atomic E-state index is 0.00669. The topological polar surface area (TPSA) is 95.0 Å². The highest BCUT2D eigenvalue weighted by atomic mass is 19.1. The summed E-state index contributed by atoms with van der Waals surface area (Å²) in [6.07, 6.45) is 1.09. The van der Waals surface area contributed by atoms with Gasteiger partial charge in [0.25, 0.3) is 5.91 Å². The molecule has 3 atom stereocenters. The van der Waals surface area contributed by atoms with E-state index in [4.69, 9.17) is 4.74 Å². The van der Waals surface area contributed by atoms with Crippen LogP contribution in [0.5, 0.6) is 5.88 Å². The molecule has 1 aliphatic heterocycles. The number of rotatable bonds is 6. The van der Waals surface area contributed by atoms with Crippen LogP contribution in [0.4, 0.5) is 9.18 Å². The molecular weight excluding hydrogens is 439 g/mol. The summed E-state index contributed by atoms with van der Waals surface area (Å²) < 4.78 is 20.0. The van der Waals surface area contributed by atoms with E-state index in [0.29, 0.717) is 17.7 Å². The Labute approximate surface area is 199 Å². The van der Waals surface area contributed by atoms with Gasteiger partial charge in [-0.05, 0) is 44.5 Å². The van der Waals surface area contributed by atoms with Crippen molar-refractivity contribution in [1.82, 2.24) is 20.1 Å². The molecule has 1 aliphatic rings. The first kappa shape index (κ1) is 25.4. The summed E-state index contributed by atoms with van der Waals surface area (Å²) in [6, 6.07) is 7.03. The minimum atomic E-state index is -0.448. The van der Waals surface area contributed by atoms with Crippen LogP contribution in [0.3, 0.4) is 0 Å². The number of urea groups is 1. The van der Waals surface area contributed by atoms with Crippen molar-refractivity contribution < 1.29 is 23.8 Å². The number of fused-ring (bicyclic) bond motifs is 1. The summed E-state index contributed by atoms with van der Waals surface area (Å²) in [7, 11) is 1.69. The van der Waals surface area contributed by atoms with E-state index < -0.39 is 12.1 Å². The Bertz CT molecular complexity index is 1030. The van der Waals surface area contributed by atoms with Crippen molar-refractivity contribution in [3.8, 4) is 17.0 Å². The number of hydrogen-bond acceptors (Lipinski definition) is 5. The Morgan fingerprint density at radius 2 is 2.06 bits per heavy atom. The van der Waals surface area contributed by atoms with Gasteiger partial charge >= 0.3 is 6.03 Å². The molecule has 0 unspecified atom stereocenters. The maximum Gasteiger partial charge on any atom is 0.317 e. The van der Waals surface area contributed by atoms with E-state index in [-0.39, 0.29) is 54.3 Å². The molecule has 8 nitrogen and oxygen atoms in total. The molecule has 1 aromatic carbocycles. The molecule has 1 aromatic heterocycles. The Morgan fingerprint density at radius 1 is 1.32 bits per heavy atom. The number of carbonyl (C=O) groups excluding carboxylic acids is 2. The average molecular weight is 473 g/mol.